The van der Waals surface area contributed by atoms with E-state index in [4.69, 9.17) is 4.74 Å². The van der Waals surface area contributed by atoms with Crippen molar-refractivity contribution in [2.75, 3.05) is 6.61 Å². The molecule has 0 saturated carbocycles. The minimum atomic E-state index is -0.756. The Balaban J connectivity index is 1.73. The Bertz CT molecular complexity index is 735. The van der Waals surface area contributed by atoms with Crippen LogP contribution in [0, 0.1) is 5.82 Å². The van der Waals surface area contributed by atoms with E-state index in [0.717, 1.165) is 25.7 Å². The van der Waals surface area contributed by atoms with Crippen molar-refractivity contribution in [3.8, 4) is 17.1 Å². The van der Waals surface area contributed by atoms with E-state index < -0.39 is 6.17 Å². The molecule has 0 aliphatic rings. The van der Waals surface area contributed by atoms with Gasteiger partial charge in [-0.3, -0.25) is 0 Å². The molecule has 2 aromatic rings. The lowest BCUT2D eigenvalue weighted by atomic mass is 10.0. The molecule has 31 heavy (non-hydrogen) atoms. The molecule has 1 unspecified atom stereocenters. The van der Waals surface area contributed by atoms with Gasteiger partial charge in [-0.25, -0.2) is 18.7 Å². The Morgan fingerprint density at radius 2 is 1.58 bits per heavy atom. The van der Waals surface area contributed by atoms with Crippen LogP contribution >= 0.6 is 0 Å². The third-order valence-corrected chi connectivity index (χ3v) is 5.50. The zero-order valence-corrected chi connectivity index (χ0v) is 19.2. The minimum absolute atomic E-state index is 0.237. The van der Waals surface area contributed by atoms with Crippen LogP contribution in [0.3, 0.4) is 0 Å². The van der Waals surface area contributed by atoms with Gasteiger partial charge in [0.25, 0.3) is 0 Å². The lowest BCUT2D eigenvalue weighted by Crippen LogP contribution is -1.99. The van der Waals surface area contributed by atoms with Gasteiger partial charge in [0, 0.05) is 5.56 Å². The van der Waals surface area contributed by atoms with E-state index in [0.29, 0.717) is 42.1 Å². The molecule has 1 aromatic heterocycles. The number of rotatable bonds is 16. The van der Waals surface area contributed by atoms with E-state index in [9.17, 15) is 8.78 Å². The van der Waals surface area contributed by atoms with Crippen molar-refractivity contribution in [1.29, 1.82) is 0 Å². The van der Waals surface area contributed by atoms with Crippen molar-refractivity contribution in [3.63, 3.8) is 0 Å². The summed E-state index contributed by atoms with van der Waals surface area (Å²) in [6.07, 6.45) is 15.1. The first kappa shape index (κ1) is 25.2. The second-order valence-electron chi connectivity index (χ2n) is 8.40. The fourth-order valence-electron chi connectivity index (χ4n) is 3.60. The summed E-state index contributed by atoms with van der Waals surface area (Å²) < 4.78 is 33.0. The highest BCUT2D eigenvalue weighted by Crippen LogP contribution is 2.21. The van der Waals surface area contributed by atoms with Gasteiger partial charge in [0.2, 0.25) is 0 Å². The first-order chi connectivity index (χ1) is 15.1. The molecule has 1 heterocycles. The second-order valence-corrected chi connectivity index (χ2v) is 8.40. The van der Waals surface area contributed by atoms with Crippen molar-refractivity contribution >= 4 is 0 Å². The van der Waals surface area contributed by atoms with Crippen LogP contribution in [0.1, 0.15) is 90.0 Å². The lowest BCUT2D eigenvalue weighted by Gasteiger charge is -2.08. The highest BCUT2D eigenvalue weighted by atomic mass is 19.1. The van der Waals surface area contributed by atoms with Crippen LogP contribution in [0.4, 0.5) is 8.78 Å². The highest BCUT2D eigenvalue weighted by Gasteiger charge is 2.08. The van der Waals surface area contributed by atoms with Gasteiger partial charge in [0.05, 0.1) is 25.2 Å². The minimum Gasteiger partial charge on any atom is -0.490 e. The Hall–Kier alpha value is -2.04. The van der Waals surface area contributed by atoms with E-state index >= 15 is 0 Å². The van der Waals surface area contributed by atoms with Crippen LogP contribution in [0.5, 0.6) is 5.75 Å². The van der Waals surface area contributed by atoms with Crippen molar-refractivity contribution in [1.82, 2.24) is 9.97 Å². The lowest BCUT2D eigenvalue weighted by molar-refractivity contribution is 0.302. The van der Waals surface area contributed by atoms with Crippen molar-refractivity contribution in [2.24, 2.45) is 0 Å². The molecule has 0 N–H and O–H groups in total. The van der Waals surface area contributed by atoms with Crippen LogP contribution in [-0.4, -0.2) is 22.7 Å². The fraction of sp³-hybridized carbons (Fsp3) is 0.615. The van der Waals surface area contributed by atoms with Crippen LogP contribution in [0.15, 0.2) is 30.6 Å². The Kier molecular flexibility index (Phi) is 12.1. The molecule has 1 atom stereocenters. The maximum Gasteiger partial charge on any atom is 0.159 e. The summed E-state index contributed by atoms with van der Waals surface area (Å²) >= 11 is 0. The van der Waals surface area contributed by atoms with Gasteiger partial charge in [-0.05, 0) is 44.2 Å². The summed E-state index contributed by atoms with van der Waals surface area (Å²) in [4.78, 5) is 8.67. The van der Waals surface area contributed by atoms with Gasteiger partial charge in [0.15, 0.2) is 11.6 Å². The predicted octanol–water partition coefficient (Wildman–Crippen LogP) is 7.87. The molecule has 0 fully saturated rings. The standard InChI is InChI=1S/C26H38F2N2O/c1-3-4-5-6-7-8-12-17-31-24-19-29-26(30-20-24)23-16-15-22(25(28)18-23)14-11-9-10-13-21(2)27/h15-16,18-21H,3-14,17H2,1-2H3. The number of benzene rings is 1. The molecule has 0 bridgehead atoms. The number of alkyl halides is 1. The molecule has 0 saturated heterocycles. The van der Waals surface area contributed by atoms with Gasteiger partial charge in [-0.15, -0.1) is 0 Å². The van der Waals surface area contributed by atoms with E-state index in [1.807, 2.05) is 6.07 Å². The smallest absolute Gasteiger partial charge is 0.159 e. The molecular formula is C26H38F2N2O. The fourth-order valence-corrected chi connectivity index (χ4v) is 3.60. The molecule has 0 amide bonds. The average Bonchev–Trinajstić information content (AvgIpc) is 2.76. The first-order valence-electron chi connectivity index (χ1n) is 12.0. The first-order valence-corrected chi connectivity index (χ1v) is 12.0. The maximum atomic E-state index is 14.4. The SMILES string of the molecule is CCCCCCCCCOc1cnc(-c2ccc(CCCCCC(C)F)c(F)c2)nc1. The summed E-state index contributed by atoms with van der Waals surface area (Å²) in [6, 6.07) is 5.15. The molecular weight excluding hydrogens is 394 g/mol. The second kappa shape index (κ2) is 14.9. The number of halogens is 2. The van der Waals surface area contributed by atoms with Crippen LogP contribution in [0.2, 0.25) is 0 Å². The molecule has 0 aliphatic carbocycles. The maximum absolute atomic E-state index is 14.4. The summed E-state index contributed by atoms with van der Waals surface area (Å²) in [5.74, 6) is 0.902. The van der Waals surface area contributed by atoms with Crippen LogP contribution in [-0.2, 0) is 6.42 Å². The van der Waals surface area contributed by atoms with Crippen molar-refractivity contribution in [3.05, 3.63) is 42.0 Å². The van der Waals surface area contributed by atoms with E-state index in [2.05, 4.69) is 16.9 Å². The van der Waals surface area contributed by atoms with E-state index in [-0.39, 0.29) is 5.82 Å². The summed E-state index contributed by atoms with van der Waals surface area (Å²) in [5, 5.41) is 0. The third-order valence-electron chi connectivity index (χ3n) is 5.50. The van der Waals surface area contributed by atoms with Gasteiger partial charge in [-0.1, -0.05) is 70.4 Å². The van der Waals surface area contributed by atoms with Gasteiger partial charge >= 0.3 is 0 Å². The molecule has 0 radical (unpaired) electrons. The summed E-state index contributed by atoms with van der Waals surface area (Å²) in [6.45, 7) is 4.48. The predicted molar refractivity (Wildman–Crippen MR) is 124 cm³/mol. The topological polar surface area (TPSA) is 35.0 Å². The molecule has 172 valence electrons. The Morgan fingerprint density at radius 1 is 0.903 bits per heavy atom. The number of nitrogens with zero attached hydrogens (tertiary/aromatic N) is 2. The number of aryl methyl sites for hydroxylation is 1. The number of aromatic nitrogens is 2. The highest BCUT2D eigenvalue weighted by molar-refractivity contribution is 5.55. The van der Waals surface area contributed by atoms with E-state index in [1.165, 1.54) is 44.6 Å². The van der Waals surface area contributed by atoms with E-state index in [1.54, 1.807) is 25.4 Å². The number of hydrogen-bond acceptors (Lipinski definition) is 3. The number of ether oxygens (including phenoxy) is 1. The third kappa shape index (κ3) is 10.2. The molecule has 0 spiro atoms. The Labute approximate surface area is 186 Å². The molecule has 5 heteroatoms. The zero-order valence-electron chi connectivity index (χ0n) is 19.2. The van der Waals surface area contributed by atoms with Crippen LogP contribution in [0.25, 0.3) is 11.4 Å². The quantitative estimate of drug-likeness (QED) is 0.253. The van der Waals surface area contributed by atoms with Crippen molar-refractivity contribution in [2.45, 2.75) is 97.1 Å². The normalized spacial score (nSPS) is 12.1. The molecule has 1 aromatic carbocycles. The van der Waals surface area contributed by atoms with Gasteiger partial charge in [0.1, 0.15) is 5.82 Å². The Morgan fingerprint density at radius 3 is 2.26 bits per heavy atom. The average molecular weight is 433 g/mol. The van der Waals surface area contributed by atoms with Gasteiger partial charge in [-0.2, -0.15) is 0 Å². The molecule has 3 nitrogen and oxygen atoms in total. The monoisotopic (exact) mass is 432 g/mol. The molecule has 2 rings (SSSR count). The van der Waals surface area contributed by atoms with Crippen molar-refractivity contribution < 1.29 is 13.5 Å². The number of hydrogen-bond donors (Lipinski definition) is 0. The largest absolute Gasteiger partial charge is 0.490 e. The molecule has 0 aliphatic heterocycles. The summed E-state index contributed by atoms with van der Waals surface area (Å²) in [7, 11) is 0. The zero-order chi connectivity index (χ0) is 22.3. The van der Waals surface area contributed by atoms with Crippen LogP contribution < -0.4 is 4.74 Å². The van der Waals surface area contributed by atoms with Gasteiger partial charge < -0.3 is 4.74 Å². The number of unbranched alkanes of at least 4 members (excludes halogenated alkanes) is 8. The summed E-state index contributed by atoms with van der Waals surface area (Å²) in [5.41, 5.74) is 1.35.